The van der Waals surface area contributed by atoms with Gasteiger partial charge in [0.25, 0.3) is 11.5 Å². The summed E-state index contributed by atoms with van der Waals surface area (Å²) in [6, 6.07) is 10.00. The molecule has 0 spiro atoms. The van der Waals surface area contributed by atoms with Gasteiger partial charge in [0, 0.05) is 36.9 Å². The molecule has 3 aromatic heterocycles. The molecule has 0 saturated carbocycles. The molecule has 0 radical (unpaired) electrons. The van der Waals surface area contributed by atoms with Gasteiger partial charge in [-0.3, -0.25) is 14.5 Å². The summed E-state index contributed by atoms with van der Waals surface area (Å²) < 4.78 is 9.37. The van der Waals surface area contributed by atoms with E-state index < -0.39 is 5.60 Å². The van der Waals surface area contributed by atoms with Gasteiger partial charge in [0.05, 0.1) is 6.54 Å². The number of hydrogen-bond acceptors (Lipinski definition) is 8. The Bertz CT molecular complexity index is 1870. The third kappa shape index (κ3) is 4.58. The Labute approximate surface area is 249 Å². The topological polar surface area (TPSA) is 110 Å². The lowest BCUT2D eigenvalue weighted by Crippen LogP contribution is -2.53. The third-order valence-corrected chi connectivity index (χ3v) is 8.49. The normalized spacial score (nSPS) is 19.9. The van der Waals surface area contributed by atoms with Crippen LogP contribution in [0.5, 0.6) is 5.75 Å². The van der Waals surface area contributed by atoms with E-state index in [0.717, 1.165) is 31.6 Å². The number of nitrogens with zero attached hydrogens (tertiary/aromatic N) is 7. The van der Waals surface area contributed by atoms with Gasteiger partial charge in [0.1, 0.15) is 5.39 Å². The second-order valence-corrected chi connectivity index (χ2v) is 12.9. The van der Waals surface area contributed by atoms with E-state index in [4.69, 9.17) is 14.7 Å². The van der Waals surface area contributed by atoms with Crippen LogP contribution < -0.4 is 20.5 Å². The summed E-state index contributed by atoms with van der Waals surface area (Å²) in [7, 11) is 2.14. The molecule has 11 heteroatoms. The molecule has 1 amide bonds. The molecule has 11 nitrogen and oxygen atoms in total. The lowest BCUT2D eigenvalue weighted by atomic mass is 9.78. The van der Waals surface area contributed by atoms with Crippen molar-refractivity contribution in [3.8, 4) is 11.6 Å². The van der Waals surface area contributed by atoms with Crippen LogP contribution in [0.1, 0.15) is 51.7 Å². The Morgan fingerprint density at radius 3 is 2.70 bits per heavy atom. The van der Waals surface area contributed by atoms with E-state index in [2.05, 4.69) is 54.3 Å². The maximum Gasteiger partial charge on any atom is 0.278 e. The number of fused-ring (bicyclic) bond motifs is 6. The van der Waals surface area contributed by atoms with Crippen molar-refractivity contribution in [2.45, 2.75) is 64.6 Å². The first-order chi connectivity index (χ1) is 20.5. The second-order valence-electron chi connectivity index (χ2n) is 12.9. The molecule has 3 aliphatic rings. The van der Waals surface area contributed by atoms with E-state index in [9.17, 15) is 9.59 Å². The standard InChI is InChI=1S/C32H36N8O3/c1-31(2)19-37(5)18-20-16-21(10-11-23(20)31)34-30-33-17-22-26(36-30)40-25-13-12-24-27(35-25)38(29(42)32(3,4)43-24)14-8-6-7-9-15-39(40)28(22)41/h7,9-13,16-17H,6,8,14-15,18-19H2,1-5H3,(H,33,34,36)/b9-7+. The van der Waals surface area contributed by atoms with E-state index >= 15 is 0 Å². The SMILES string of the molecule is CN1Cc2cc(Nc3ncc4c(=O)n5n(c4n3)-c3ccc4c(n3)N(CCC/C=C/C5)C(=O)C(C)(C)O4)ccc2C(C)(C)C1. The fraction of sp³-hybridized carbons (Fsp3) is 0.406. The second kappa shape index (κ2) is 9.77. The molecule has 0 atom stereocenters. The summed E-state index contributed by atoms with van der Waals surface area (Å²) in [6.45, 7) is 10.8. The number of amides is 1. The number of allylic oxidation sites excluding steroid dienone is 2. The molecule has 43 heavy (non-hydrogen) atoms. The maximum atomic E-state index is 13.6. The van der Waals surface area contributed by atoms with E-state index in [-0.39, 0.29) is 16.9 Å². The van der Waals surface area contributed by atoms with Gasteiger partial charge in [-0.15, -0.1) is 0 Å². The lowest BCUT2D eigenvalue weighted by Gasteiger charge is -2.38. The number of anilines is 3. The highest BCUT2D eigenvalue weighted by atomic mass is 16.5. The number of rotatable bonds is 2. The fourth-order valence-electron chi connectivity index (χ4n) is 6.61. The van der Waals surface area contributed by atoms with Crippen molar-refractivity contribution in [1.29, 1.82) is 0 Å². The Balaban J connectivity index is 1.34. The lowest BCUT2D eigenvalue weighted by molar-refractivity contribution is -0.132. The summed E-state index contributed by atoms with van der Waals surface area (Å²) in [5.41, 5.74) is 2.76. The maximum absolute atomic E-state index is 13.6. The van der Waals surface area contributed by atoms with E-state index in [1.807, 2.05) is 18.2 Å². The molecular weight excluding hydrogens is 544 g/mol. The Kier molecular flexibility index (Phi) is 6.21. The molecule has 0 unspecified atom stereocenters. The Morgan fingerprint density at radius 2 is 1.86 bits per heavy atom. The molecular formula is C32H36N8O3. The minimum absolute atomic E-state index is 0.0625. The number of likely N-dealkylation sites (N-methyl/N-ethyl adjacent to an activating group) is 1. The van der Waals surface area contributed by atoms with Crippen molar-refractivity contribution in [2.24, 2.45) is 0 Å². The van der Waals surface area contributed by atoms with Crippen LogP contribution in [0.2, 0.25) is 0 Å². The predicted octanol–water partition coefficient (Wildman–Crippen LogP) is 4.30. The zero-order chi connectivity index (χ0) is 30.1. The Morgan fingerprint density at radius 1 is 1.02 bits per heavy atom. The van der Waals surface area contributed by atoms with E-state index in [1.165, 1.54) is 11.1 Å². The van der Waals surface area contributed by atoms with Crippen molar-refractivity contribution >= 4 is 34.4 Å². The van der Waals surface area contributed by atoms with Crippen molar-refractivity contribution < 1.29 is 9.53 Å². The largest absolute Gasteiger partial charge is 0.474 e. The molecule has 0 aliphatic carbocycles. The first kappa shape index (κ1) is 27.3. The quantitative estimate of drug-likeness (QED) is 0.350. The number of ether oxygens (including phenoxy) is 1. The molecule has 1 aromatic carbocycles. The van der Waals surface area contributed by atoms with Crippen LogP contribution in [-0.2, 0) is 23.3 Å². The number of benzene rings is 1. The molecule has 6 heterocycles. The zero-order valence-electron chi connectivity index (χ0n) is 25.2. The number of nitrogens with one attached hydrogen (secondary N) is 1. The van der Waals surface area contributed by atoms with Crippen molar-refractivity contribution in [2.75, 3.05) is 30.4 Å². The van der Waals surface area contributed by atoms with Gasteiger partial charge >= 0.3 is 0 Å². The van der Waals surface area contributed by atoms with E-state index in [1.54, 1.807) is 40.4 Å². The molecule has 1 N–H and O–H groups in total. The van der Waals surface area contributed by atoms with Crippen LogP contribution >= 0.6 is 0 Å². The van der Waals surface area contributed by atoms with Gasteiger partial charge in [-0.25, -0.2) is 19.3 Å². The van der Waals surface area contributed by atoms with Crippen LogP contribution in [0.3, 0.4) is 0 Å². The molecule has 222 valence electrons. The van der Waals surface area contributed by atoms with Gasteiger partial charge in [0.15, 0.2) is 28.6 Å². The number of carbonyl (C=O) groups is 1. The van der Waals surface area contributed by atoms with Crippen LogP contribution in [0.4, 0.5) is 17.5 Å². The summed E-state index contributed by atoms with van der Waals surface area (Å²) >= 11 is 0. The Hall–Kier alpha value is -4.51. The van der Waals surface area contributed by atoms with Crippen molar-refractivity contribution in [3.63, 3.8) is 0 Å². The highest BCUT2D eigenvalue weighted by molar-refractivity contribution is 6.01. The number of aromatic nitrogens is 5. The molecule has 0 fully saturated rings. The highest BCUT2D eigenvalue weighted by Crippen LogP contribution is 2.38. The predicted molar refractivity (Wildman–Crippen MR) is 165 cm³/mol. The van der Waals surface area contributed by atoms with Crippen LogP contribution in [0.15, 0.2) is 53.5 Å². The first-order valence-corrected chi connectivity index (χ1v) is 14.8. The van der Waals surface area contributed by atoms with Crippen molar-refractivity contribution in [1.82, 2.24) is 29.2 Å². The summed E-state index contributed by atoms with van der Waals surface area (Å²) in [5.74, 6) is 1.67. The smallest absolute Gasteiger partial charge is 0.278 e. The average molecular weight is 581 g/mol. The summed E-state index contributed by atoms with van der Waals surface area (Å²) in [4.78, 5) is 45.2. The number of pyridine rings is 1. The molecule has 0 saturated heterocycles. The fourth-order valence-corrected chi connectivity index (χ4v) is 6.61. The van der Waals surface area contributed by atoms with Gasteiger partial charge in [-0.05, 0) is 69.1 Å². The zero-order valence-corrected chi connectivity index (χ0v) is 25.2. The third-order valence-electron chi connectivity index (χ3n) is 8.49. The van der Waals surface area contributed by atoms with Gasteiger partial charge in [-0.2, -0.15) is 4.98 Å². The molecule has 2 bridgehead atoms. The van der Waals surface area contributed by atoms with Crippen LogP contribution in [0.25, 0.3) is 16.9 Å². The van der Waals surface area contributed by atoms with Gasteiger partial charge in [0.2, 0.25) is 5.95 Å². The summed E-state index contributed by atoms with van der Waals surface area (Å²) in [6.07, 6.45) is 7.10. The van der Waals surface area contributed by atoms with Gasteiger partial charge < -0.3 is 15.0 Å². The average Bonchev–Trinajstić information content (AvgIpc) is 3.21. The monoisotopic (exact) mass is 580 g/mol. The van der Waals surface area contributed by atoms with E-state index in [0.29, 0.717) is 47.5 Å². The minimum atomic E-state index is -0.999. The van der Waals surface area contributed by atoms with Crippen molar-refractivity contribution in [3.05, 3.63) is 70.2 Å². The molecule has 3 aliphatic heterocycles. The number of carbonyl (C=O) groups excluding carboxylic acids is 1. The minimum Gasteiger partial charge on any atom is -0.474 e. The molecule has 4 aromatic rings. The van der Waals surface area contributed by atoms with Gasteiger partial charge in [-0.1, -0.05) is 32.1 Å². The highest BCUT2D eigenvalue weighted by Gasteiger charge is 2.42. The van der Waals surface area contributed by atoms with Crippen LogP contribution in [-0.4, -0.2) is 60.9 Å². The summed E-state index contributed by atoms with van der Waals surface area (Å²) in [5, 5.41) is 3.74. The first-order valence-electron chi connectivity index (χ1n) is 14.8. The number of hydrogen-bond donors (Lipinski definition) is 1. The van der Waals surface area contributed by atoms with Crippen LogP contribution in [0, 0.1) is 0 Å². The molecule has 7 rings (SSSR count).